The van der Waals surface area contributed by atoms with Crippen molar-refractivity contribution in [2.45, 2.75) is 51.0 Å². The van der Waals surface area contributed by atoms with Crippen LogP contribution in [-0.4, -0.2) is 54.6 Å². The van der Waals surface area contributed by atoms with E-state index in [9.17, 15) is 10.2 Å². The zero-order valence-corrected chi connectivity index (χ0v) is 18.5. The molecule has 0 amide bonds. The van der Waals surface area contributed by atoms with Crippen molar-refractivity contribution in [2.24, 2.45) is 0 Å². The van der Waals surface area contributed by atoms with E-state index in [1.165, 1.54) is 18.5 Å². The monoisotopic (exact) mass is 467 g/mol. The first-order valence-electron chi connectivity index (χ1n) is 9.79. The molecular formula is C20H23Cl2N5O4. The van der Waals surface area contributed by atoms with Crippen LogP contribution < -0.4 is 5.32 Å². The molecule has 1 saturated heterocycles. The molecule has 0 radical (unpaired) electrons. The summed E-state index contributed by atoms with van der Waals surface area (Å²) >= 11 is 12.4. The molecule has 0 saturated carbocycles. The fourth-order valence-electron chi connectivity index (χ4n) is 3.57. The number of aliphatic hydroxyl groups excluding tert-OH is 1. The lowest BCUT2D eigenvalue weighted by Crippen LogP contribution is -2.34. The molecule has 1 aliphatic rings. The third kappa shape index (κ3) is 4.92. The van der Waals surface area contributed by atoms with E-state index in [1.54, 1.807) is 6.20 Å². The van der Waals surface area contributed by atoms with Crippen molar-refractivity contribution < 1.29 is 19.7 Å². The number of hydrogen-bond donors (Lipinski definition) is 3. The fourth-order valence-corrected chi connectivity index (χ4v) is 3.93. The summed E-state index contributed by atoms with van der Waals surface area (Å²) in [6.07, 6.45) is 0.295. The summed E-state index contributed by atoms with van der Waals surface area (Å²) in [5, 5.41) is 28.6. The van der Waals surface area contributed by atoms with Crippen LogP contribution in [0, 0.1) is 0 Å². The Hall–Kier alpha value is -2.01. The lowest BCUT2D eigenvalue weighted by Gasteiger charge is -2.26. The predicted molar refractivity (Wildman–Crippen MR) is 116 cm³/mol. The van der Waals surface area contributed by atoms with Crippen molar-refractivity contribution in [1.29, 1.82) is 0 Å². The molecule has 31 heavy (non-hydrogen) atoms. The molecule has 0 aliphatic carbocycles. The molecule has 0 spiro atoms. The number of aromatic nitrogens is 4. The summed E-state index contributed by atoms with van der Waals surface area (Å²) in [7, 11) is 0. The third-order valence-corrected chi connectivity index (χ3v) is 5.40. The van der Waals surface area contributed by atoms with Crippen LogP contribution in [0.5, 0.6) is 0 Å². The second-order valence-electron chi connectivity index (χ2n) is 7.78. The smallest absolute Gasteiger partial charge is 0.226 e. The van der Waals surface area contributed by atoms with Gasteiger partial charge < -0.3 is 25.0 Å². The zero-order valence-electron chi connectivity index (χ0n) is 17.0. The summed E-state index contributed by atoms with van der Waals surface area (Å²) in [4.78, 5) is 8.61. The highest BCUT2D eigenvalue weighted by molar-refractivity contribution is 6.31. The summed E-state index contributed by atoms with van der Waals surface area (Å²) in [5.74, 6) is -0.883. The lowest BCUT2D eigenvalue weighted by molar-refractivity contribution is -0.223. The van der Waals surface area contributed by atoms with E-state index in [0.29, 0.717) is 34.8 Å². The van der Waals surface area contributed by atoms with Gasteiger partial charge >= 0.3 is 0 Å². The van der Waals surface area contributed by atoms with Crippen molar-refractivity contribution in [3.05, 3.63) is 46.3 Å². The van der Waals surface area contributed by atoms with Gasteiger partial charge in [0.05, 0.1) is 24.3 Å². The average Bonchev–Trinajstić information content (AvgIpc) is 3.29. The molecule has 2 aromatic heterocycles. The van der Waals surface area contributed by atoms with Gasteiger partial charge in [-0.25, -0.2) is 4.68 Å². The number of anilines is 1. The van der Waals surface area contributed by atoms with Crippen LogP contribution in [0.25, 0.3) is 11.0 Å². The van der Waals surface area contributed by atoms with Crippen molar-refractivity contribution in [3.63, 3.8) is 0 Å². The molecule has 166 valence electrons. The van der Waals surface area contributed by atoms with E-state index < -0.39 is 24.2 Å². The van der Waals surface area contributed by atoms with Crippen LogP contribution in [0.1, 0.15) is 32.1 Å². The Balaban J connectivity index is 1.66. The van der Waals surface area contributed by atoms with Crippen molar-refractivity contribution >= 4 is 40.1 Å². The maximum atomic E-state index is 10.1. The Kier molecular flexibility index (Phi) is 6.34. The molecule has 4 rings (SSSR count). The quantitative estimate of drug-likeness (QED) is 0.358. The SMILES string of the molecule is CC(C)(O)O[C@@H]1C[C@@H](CO)O[C@H]1n1ncc2c(NCc3ccccc3Cl)nc(Cl)nc21. The highest BCUT2D eigenvalue weighted by Gasteiger charge is 2.41. The van der Waals surface area contributed by atoms with Gasteiger partial charge in [0.25, 0.3) is 0 Å². The van der Waals surface area contributed by atoms with E-state index >= 15 is 0 Å². The second kappa shape index (κ2) is 8.85. The zero-order chi connectivity index (χ0) is 22.2. The second-order valence-corrected chi connectivity index (χ2v) is 8.53. The maximum Gasteiger partial charge on any atom is 0.226 e. The van der Waals surface area contributed by atoms with Gasteiger partial charge in [-0.2, -0.15) is 15.1 Å². The molecule has 11 heteroatoms. The number of ether oxygens (including phenoxy) is 2. The standard InChI is InChI=1S/C20H23Cl2N5O4/c1-20(2,29)31-15-7-12(10-28)30-18(15)27-17-13(9-24-27)16(25-19(22)26-17)23-8-11-5-3-4-6-14(11)21/h3-6,9,12,15,18,28-29H,7-8,10H2,1-2H3,(H,23,25,26)/t12-,15+,18+/m0/s1. The summed E-state index contributed by atoms with van der Waals surface area (Å²) < 4.78 is 13.2. The fraction of sp³-hybridized carbons (Fsp3) is 0.450. The maximum absolute atomic E-state index is 10.1. The first kappa shape index (κ1) is 22.2. The number of nitrogens with zero attached hydrogens (tertiary/aromatic N) is 4. The van der Waals surface area contributed by atoms with E-state index in [-0.39, 0.29) is 11.9 Å². The highest BCUT2D eigenvalue weighted by Crippen LogP contribution is 2.35. The Bertz CT molecular complexity index is 1070. The van der Waals surface area contributed by atoms with Crippen LogP contribution in [0.4, 0.5) is 5.82 Å². The summed E-state index contributed by atoms with van der Waals surface area (Å²) in [5.41, 5.74) is 1.34. The number of benzene rings is 1. The largest absolute Gasteiger partial charge is 0.394 e. The molecular weight excluding hydrogens is 445 g/mol. The molecule has 0 unspecified atom stereocenters. The number of hydrogen-bond acceptors (Lipinski definition) is 8. The molecule has 0 bridgehead atoms. The van der Waals surface area contributed by atoms with Gasteiger partial charge in [-0.05, 0) is 37.1 Å². The molecule has 3 atom stereocenters. The van der Waals surface area contributed by atoms with Gasteiger partial charge in [0.1, 0.15) is 11.9 Å². The summed E-state index contributed by atoms with van der Waals surface area (Å²) in [6, 6.07) is 7.50. The molecule has 9 nitrogen and oxygen atoms in total. The Morgan fingerprint density at radius 1 is 1.29 bits per heavy atom. The highest BCUT2D eigenvalue weighted by atomic mass is 35.5. The topological polar surface area (TPSA) is 115 Å². The molecule has 1 aromatic carbocycles. The predicted octanol–water partition coefficient (Wildman–Crippen LogP) is 3.14. The van der Waals surface area contributed by atoms with Crippen LogP contribution >= 0.6 is 23.2 Å². The Morgan fingerprint density at radius 3 is 2.77 bits per heavy atom. The molecule has 3 aromatic rings. The van der Waals surface area contributed by atoms with Crippen LogP contribution in [0.2, 0.25) is 10.3 Å². The van der Waals surface area contributed by atoms with E-state index in [4.69, 9.17) is 32.7 Å². The van der Waals surface area contributed by atoms with Gasteiger partial charge in [0.2, 0.25) is 5.28 Å². The summed E-state index contributed by atoms with van der Waals surface area (Å²) in [6.45, 7) is 3.33. The van der Waals surface area contributed by atoms with E-state index in [1.807, 2.05) is 24.3 Å². The number of nitrogens with one attached hydrogen (secondary N) is 1. The molecule has 1 aliphatic heterocycles. The molecule has 3 N–H and O–H groups in total. The van der Waals surface area contributed by atoms with Gasteiger partial charge in [0.15, 0.2) is 17.7 Å². The van der Waals surface area contributed by atoms with Crippen molar-refractivity contribution in [2.75, 3.05) is 11.9 Å². The van der Waals surface area contributed by atoms with Crippen LogP contribution in [0.3, 0.4) is 0 Å². The minimum atomic E-state index is -1.38. The number of halogens is 2. The number of rotatable bonds is 7. The Morgan fingerprint density at radius 2 is 2.06 bits per heavy atom. The van der Waals surface area contributed by atoms with Crippen molar-refractivity contribution in [1.82, 2.24) is 19.7 Å². The van der Waals surface area contributed by atoms with Gasteiger partial charge in [-0.3, -0.25) is 0 Å². The van der Waals surface area contributed by atoms with Gasteiger partial charge in [-0.1, -0.05) is 29.8 Å². The van der Waals surface area contributed by atoms with Gasteiger partial charge in [0, 0.05) is 18.0 Å². The van der Waals surface area contributed by atoms with Crippen molar-refractivity contribution in [3.8, 4) is 0 Å². The Labute approximate surface area is 188 Å². The normalized spacial score (nSPS) is 21.7. The van der Waals surface area contributed by atoms with Gasteiger partial charge in [-0.15, -0.1) is 0 Å². The third-order valence-electron chi connectivity index (χ3n) is 4.86. The average molecular weight is 468 g/mol. The molecule has 1 fully saturated rings. The first-order chi connectivity index (χ1) is 14.7. The lowest BCUT2D eigenvalue weighted by atomic mass is 10.2. The van der Waals surface area contributed by atoms with E-state index in [2.05, 4.69) is 20.4 Å². The first-order valence-corrected chi connectivity index (χ1v) is 10.6. The van der Waals surface area contributed by atoms with Crippen LogP contribution in [0.15, 0.2) is 30.5 Å². The van der Waals surface area contributed by atoms with Crippen LogP contribution in [-0.2, 0) is 16.0 Å². The minimum absolute atomic E-state index is 0.0348. The van der Waals surface area contributed by atoms with E-state index in [0.717, 1.165) is 5.56 Å². The number of fused-ring (bicyclic) bond motifs is 1. The molecule has 3 heterocycles. The minimum Gasteiger partial charge on any atom is -0.394 e. The number of aliphatic hydroxyl groups is 2.